The van der Waals surface area contributed by atoms with Crippen LogP contribution in [-0.4, -0.2) is 4.98 Å². The molecular weight excluding hydrogens is 162 g/mol. The Balaban J connectivity index is 2.02. The van der Waals surface area contributed by atoms with Gasteiger partial charge < -0.3 is 4.42 Å². The van der Waals surface area contributed by atoms with Gasteiger partial charge in [0.15, 0.2) is 5.89 Å². The van der Waals surface area contributed by atoms with Crippen molar-refractivity contribution in [1.29, 1.82) is 0 Å². The van der Waals surface area contributed by atoms with E-state index in [0.29, 0.717) is 5.92 Å². The molecule has 0 bridgehead atoms. The molecule has 0 saturated heterocycles. The Labute approximate surface area is 79.4 Å². The fraction of sp³-hybridized carbons (Fsp3) is 0.727. The van der Waals surface area contributed by atoms with Crippen LogP contribution in [0.15, 0.2) is 10.6 Å². The maximum Gasteiger partial charge on any atom is 0.197 e. The Morgan fingerprint density at radius 3 is 2.54 bits per heavy atom. The molecule has 1 saturated carbocycles. The van der Waals surface area contributed by atoms with Gasteiger partial charge in [-0.2, -0.15) is 0 Å². The van der Waals surface area contributed by atoms with Gasteiger partial charge in [-0.25, -0.2) is 4.98 Å². The highest BCUT2D eigenvalue weighted by atomic mass is 16.4. The lowest BCUT2D eigenvalue weighted by molar-refractivity contribution is 0.304. The van der Waals surface area contributed by atoms with Crippen LogP contribution in [-0.2, 0) is 0 Å². The van der Waals surface area contributed by atoms with E-state index < -0.39 is 0 Å². The second kappa shape index (κ2) is 3.52. The van der Waals surface area contributed by atoms with Crippen molar-refractivity contribution >= 4 is 0 Å². The molecule has 13 heavy (non-hydrogen) atoms. The zero-order valence-electron chi connectivity index (χ0n) is 8.42. The van der Waals surface area contributed by atoms with Crippen LogP contribution in [0.5, 0.6) is 0 Å². The van der Waals surface area contributed by atoms with E-state index in [2.05, 4.69) is 11.9 Å². The number of rotatable bonds is 1. The Morgan fingerprint density at radius 2 is 2.00 bits per heavy atom. The molecule has 0 N–H and O–H groups in total. The van der Waals surface area contributed by atoms with Crippen molar-refractivity contribution < 1.29 is 4.42 Å². The van der Waals surface area contributed by atoms with Crippen molar-refractivity contribution in [2.24, 2.45) is 5.92 Å². The average Bonchev–Trinajstić information content (AvgIpc) is 2.53. The van der Waals surface area contributed by atoms with Crippen LogP contribution in [0, 0.1) is 12.8 Å². The molecule has 1 aliphatic carbocycles. The van der Waals surface area contributed by atoms with E-state index in [9.17, 15) is 0 Å². The van der Waals surface area contributed by atoms with Crippen molar-refractivity contribution in [2.75, 3.05) is 0 Å². The Kier molecular flexibility index (Phi) is 2.38. The topological polar surface area (TPSA) is 26.0 Å². The number of aromatic nitrogens is 1. The summed E-state index contributed by atoms with van der Waals surface area (Å²) in [6.45, 7) is 4.29. The molecule has 0 aliphatic heterocycles. The van der Waals surface area contributed by atoms with Crippen molar-refractivity contribution in [3.8, 4) is 0 Å². The van der Waals surface area contributed by atoms with Crippen LogP contribution < -0.4 is 0 Å². The van der Waals surface area contributed by atoms with E-state index in [-0.39, 0.29) is 0 Å². The number of oxazole rings is 1. The fourth-order valence-electron chi connectivity index (χ4n) is 2.07. The molecule has 0 amide bonds. The Morgan fingerprint density at radius 1 is 1.31 bits per heavy atom. The van der Waals surface area contributed by atoms with E-state index in [1.165, 1.54) is 25.7 Å². The molecule has 2 rings (SSSR count). The van der Waals surface area contributed by atoms with Gasteiger partial charge in [-0.05, 0) is 38.5 Å². The third-order valence-electron chi connectivity index (χ3n) is 3.00. The summed E-state index contributed by atoms with van der Waals surface area (Å²) in [5.41, 5.74) is 0. The Hall–Kier alpha value is -0.790. The molecule has 1 heterocycles. The van der Waals surface area contributed by atoms with E-state index >= 15 is 0 Å². The molecule has 0 radical (unpaired) electrons. The maximum atomic E-state index is 5.55. The van der Waals surface area contributed by atoms with Crippen molar-refractivity contribution in [2.45, 2.75) is 45.4 Å². The molecule has 0 atom stereocenters. The summed E-state index contributed by atoms with van der Waals surface area (Å²) in [6.07, 6.45) is 6.98. The average molecular weight is 179 g/mol. The summed E-state index contributed by atoms with van der Waals surface area (Å²) in [6, 6.07) is 0. The zero-order valence-corrected chi connectivity index (χ0v) is 8.42. The first-order valence-corrected chi connectivity index (χ1v) is 5.18. The molecular formula is C11H17NO. The molecule has 1 aromatic rings. The van der Waals surface area contributed by atoms with Gasteiger partial charge in [-0.1, -0.05) is 6.92 Å². The number of nitrogens with zero attached hydrogens (tertiary/aromatic N) is 1. The predicted octanol–water partition coefficient (Wildman–Crippen LogP) is 3.28. The van der Waals surface area contributed by atoms with Crippen LogP contribution in [0.2, 0.25) is 0 Å². The highest BCUT2D eigenvalue weighted by Crippen LogP contribution is 2.34. The molecule has 1 aliphatic rings. The van der Waals surface area contributed by atoms with Gasteiger partial charge in [0, 0.05) is 5.92 Å². The highest BCUT2D eigenvalue weighted by molar-refractivity contribution is 4.98. The largest absolute Gasteiger partial charge is 0.446 e. The first kappa shape index (κ1) is 8.79. The number of hydrogen-bond acceptors (Lipinski definition) is 2. The summed E-state index contributed by atoms with van der Waals surface area (Å²) >= 11 is 0. The summed E-state index contributed by atoms with van der Waals surface area (Å²) in [4.78, 5) is 4.30. The van der Waals surface area contributed by atoms with Crippen molar-refractivity contribution in [3.63, 3.8) is 0 Å². The fourth-order valence-corrected chi connectivity index (χ4v) is 2.07. The molecule has 0 spiro atoms. The first-order chi connectivity index (χ1) is 6.25. The van der Waals surface area contributed by atoms with Gasteiger partial charge in [0.05, 0.1) is 6.20 Å². The van der Waals surface area contributed by atoms with E-state index in [4.69, 9.17) is 4.42 Å². The lowest BCUT2D eigenvalue weighted by atomic mass is 9.83. The molecule has 0 aromatic carbocycles. The molecule has 1 aromatic heterocycles. The Bertz CT molecular complexity index is 271. The second-order valence-electron chi connectivity index (χ2n) is 4.27. The minimum Gasteiger partial charge on any atom is -0.446 e. The standard InChI is InChI=1S/C11H17NO/c1-8-3-5-10(6-4-8)11-12-7-9(2)13-11/h7-8,10H,3-6H2,1-2H3. The monoisotopic (exact) mass is 179 g/mol. The normalized spacial score (nSPS) is 29.1. The van der Waals surface area contributed by atoms with Crippen LogP contribution in [0.25, 0.3) is 0 Å². The lowest BCUT2D eigenvalue weighted by Gasteiger charge is -2.23. The van der Waals surface area contributed by atoms with Gasteiger partial charge >= 0.3 is 0 Å². The molecule has 1 fully saturated rings. The van der Waals surface area contributed by atoms with Crippen LogP contribution in [0.4, 0.5) is 0 Å². The lowest BCUT2D eigenvalue weighted by Crippen LogP contribution is -2.10. The maximum absolute atomic E-state index is 5.55. The number of hydrogen-bond donors (Lipinski definition) is 0. The summed E-state index contributed by atoms with van der Waals surface area (Å²) in [7, 11) is 0. The molecule has 72 valence electrons. The second-order valence-corrected chi connectivity index (χ2v) is 4.27. The van der Waals surface area contributed by atoms with Crippen molar-refractivity contribution in [1.82, 2.24) is 4.98 Å². The first-order valence-electron chi connectivity index (χ1n) is 5.18. The minimum absolute atomic E-state index is 0.588. The predicted molar refractivity (Wildman–Crippen MR) is 51.6 cm³/mol. The van der Waals surface area contributed by atoms with Gasteiger partial charge in [-0.15, -0.1) is 0 Å². The van der Waals surface area contributed by atoms with Gasteiger partial charge in [0.25, 0.3) is 0 Å². The van der Waals surface area contributed by atoms with Gasteiger partial charge in [0.1, 0.15) is 5.76 Å². The summed E-state index contributed by atoms with van der Waals surface area (Å²) in [5.74, 6) is 3.38. The summed E-state index contributed by atoms with van der Waals surface area (Å²) < 4.78 is 5.55. The van der Waals surface area contributed by atoms with Crippen LogP contribution >= 0.6 is 0 Å². The van der Waals surface area contributed by atoms with Crippen LogP contribution in [0.3, 0.4) is 0 Å². The third kappa shape index (κ3) is 1.93. The van der Waals surface area contributed by atoms with Crippen molar-refractivity contribution in [3.05, 3.63) is 17.8 Å². The smallest absolute Gasteiger partial charge is 0.197 e. The van der Waals surface area contributed by atoms with E-state index in [1.54, 1.807) is 0 Å². The summed E-state index contributed by atoms with van der Waals surface area (Å²) in [5, 5.41) is 0. The number of aryl methyl sites for hydroxylation is 1. The van der Waals surface area contributed by atoms with Gasteiger partial charge in [-0.3, -0.25) is 0 Å². The molecule has 2 heteroatoms. The SMILES string of the molecule is Cc1cnc(C2CCC(C)CC2)o1. The van der Waals surface area contributed by atoms with E-state index in [1.807, 2.05) is 13.1 Å². The van der Waals surface area contributed by atoms with Crippen LogP contribution in [0.1, 0.15) is 50.2 Å². The van der Waals surface area contributed by atoms with E-state index in [0.717, 1.165) is 17.6 Å². The quantitative estimate of drug-likeness (QED) is 0.661. The third-order valence-corrected chi connectivity index (χ3v) is 3.00. The van der Waals surface area contributed by atoms with Gasteiger partial charge in [0.2, 0.25) is 0 Å². The minimum atomic E-state index is 0.588. The zero-order chi connectivity index (χ0) is 9.26. The molecule has 2 nitrogen and oxygen atoms in total. The molecule has 0 unspecified atom stereocenters. The highest BCUT2D eigenvalue weighted by Gasteiger charge is 2.22.